The van der Waals surface area contributed by atoms with E-state index in [4.69, 9.17) is 4.74 Å². The molecule has 0 heterocycles. The molecule has 0 atom stereocenters. The monoisotopic (exact) mass is 372 g/mol. The van der Waals surface area contributed by atoms with Gasteiger partial charge in [-0.25, -0.2) is 4.39 Å². The van der Waals surface area contributed by atoms with Crippen LogP contribution in [0.25, 0.3) is 0 Å². The van der Waals surface area contributed by atoms with E-state index in [0.717, 1.165) is 24.2 Å². The SMILES string of the molecule is CC/C=C/[C@H]1CC[C@H](C2CCC(c3ccc(COCC)c(F)c3)CC2)CC1. The molecule has 1 nitrogen and oxygen atoms in total. The van der Waals surface area contributed by atoms with Gasteiger partial charge >= 0.3 is 0 Å². The first-order valence-corrected chi connectivity index (χ1v) is 11.2. The molecule has 150 valence electrons. The van der Waals surface area contributed by atoms with Gasteiger partial charge in [0.05, 0.1) is 6.61 Å². The van der Waals surface area contributed by atoms with Gasteiger partial charge in [-0.1, -0.05) is 31.2 Å². The van der Waals surface area contributed by atoms with Gasteiger partial charge in [-0.15, -0.1) is 0 Å². The molecule has 1 aromatic rings. The third kappa shape index (κ3) is 5.67. The number of ether oxygens (including phenoxy) is 1. The van der Waals surface area contributed by atoms with E-state index in [0.29, 0.717) is 24.7 Å². The average molecular weight is 373 g/mol. The molecule has 0 radical (unpaired) electrons. The zero-order valence-electron chi connectivity index (χ0n) is 17.3. The zero-order chi connectivity index (χ0) is 19.1. The Morgan fingerprint density at radius 3 is 2.22 bits per heavy atom. The number of hydrogen-bond acceptors (Lipinski definition) is 1. The van der Waals surface area contributed by atoms with Gasteiger partial charge in [-0.05, 0) is 100 Å². The summed E-state index contributed by atoms with van der Waals surface area (Å²) < 4.78 is 19.7. The van der Waals surface area contributed by atoms with E-state index in [1.807, 2.05) is 13.0 Å². The van der Waals surface area contributed by atoms with E-state index >= 15 is 0 Å². The predicted molar refractivity (Wildman–Crippen MR) is 111 cm³/mol. The van der Waals surface area contributed by atoms with Crippen LogP contribution in [0.5, 0.6) is 0 Å². The van der Waals surface area contributed by atoms with Crippen molar-refractivity contribution >= 4 is 0 Å². The molecule has 0 aromatic heterocycles. The van der Waals surface area contributed by atoms with Crippen molar-refractivity contribution in [3.8, 4) is 0 Å². The fourth-order valence-corrected chi connectivity index (χ4v) is 5.21. The molecule has 0 spiro atoms. The van der Waals surface area contributed by atoms with Gasteiger partial charge in [0, 0.05) is 12.2 Å². The lowest BCUT2D eigenvalue weighted by Gasteiger charge is -2.37. The quantitative estimate of drug-likeness (QED) is 0.453. The second-order valence-electron chi connectivity index (χ2n) is 8.61. The Morgan fingerprint density at radius 2 is 1.63 bits per heavy atom. The minimum atomic E-state index is -0.0958. The van der Waals surface area contributed by atoms with Crippen molar-refractivity contribution in [1.29, 1.82) is 0 Å². The number of hydrogen-bond donors (Lipinski definition) is 0. The molecule has 0 saturated heterocycles. The zero-order valence-corrected chi connectivity index (χ0v) is 17.3. The summed E-state index contributed by atoms with van der Waals surface area (Å²) in [5.74, 6) is 3.11. The highest BCUT2D eigenvalue weighted by Crippen LogP contribution is 2.44. The summed E-state index contributed by atoms with van der Waals surface area (Å²) >= 11 is 0. The summed E-state index contributed by atoms with van der Waals surface area (Å²) in [7, 11) is 0. The molecule has 2 aliphatic rings. The predicted octanol–water partition coefficient (Wildman–Crippen LogP) is 7.41. The van der Waals surface area contributed by atoms with Crippen molar-refractivity contribution in [1.82, 2.24) is 0 Å². The molecule has 0 aliphatic heterocycles. The molecular formula is C25H37FO. The molecule has 27 heavy (non-hydrogen) atoms. The highest BCUT2D eigenvalue weighted by Gasteiger charge is 2.30. The second kappa shape index (κ2) is 10.4. The topological polar surface area (TPSA) is 9.23 Å². The Labute approximate surface area is 165 Å². The van der Waals surface area contributed by atoms with Crippen LogP contribution in [0, 0.1) is 23.6 Å². The van der Waals surface area contributed by atoms with Gasteiger partial charge in [-0.2, -0.15) is 0 Å². The van der Waals surface area contributed by atoms with Crippen molar-refractivity contribution in [2.45, 2.75) is 84.2 Å². The summed E-state index contributed by atoms with van der Waals surface area (Å²) in [5, 5.41) is 0. The van der Waals surface area contributed by atoms with Crippen LogP contribution >= 0.6 is 0 Å². The molecule has 2 heteroatoms. The second-order valence-corrected chi connectivity index (χ2v) is 8.61. The largest absolute Gasteiger partial charge is 0.377 e. The fraction of sp³-hybridized carbons (Fsp3) is 0.680. The third-order valence-electron chi connectivity index (χ3n) is 6.91. The van der Waals surface area contributed by atoms with Gasteiger partial charge in [-0.3, -0.25) is 0 Å². The van der Waals surface area contributed by atoms with Crippen molar-refractivity contribution in [2.75, 3.05) is 6.61 Å². The first-order valence-electron chi connectivity index (χ1n) is 11.2. The van der Waals surface area contributed by atoms with Gasteiger partial charge in [0.15, 0.2) is 0 Å². The van der Waals surface area contributed by atoms with Crippen LogP contribution in [-0.2, 0) is 11.3 Å². The Kier molecular flexibility index (Phi) is 7.93. The number of halogens is 1. The van der Waals surface area contributed by atoms with Crippen molar-refractivity contribution in [3.63, 3.8) is 0 Å². The molecule has 0 bridgehead atoms. The highest BCUT2D eigenvalue weighted by atomic mass is 19.1. The number of allylic oxidation sites excluding steroid dienone is 2. The van der Waals surface area contributed by atoms with Crippen LogP contribution in [0.4, 0.5) is 4.39 Å². The lowest BCUT2D eigenvalue weighted by molar-refractivity contribution is 0.131. The van der Waals surface area contributed by atoms with E-state index in [9.17, 15) is 4.39 Å². The normalized spacial score (nSPS) is 29.3. The molecule has 0 amide bonds. The molecule has 1 aromatic carbocycles. The Bertz CT molecular complexity index is 592. The van der Waals surface area contributed by atoms with Crippen LogP contribution < -0.4 is 0 Å². The third-order valence-corrected chi connectivity index (χ3v) is 6.91. The molecule has 0 unspecified atom stereocenters. The highest BCUT2D eigenvalue weighted by molar-refractivity contribution is 5.27. The van der Waals surface area contributed by atoms with E-state index in [1.54, 1.807) is 6.07 Å². The molecule has 2 aliphatic carbocycles. The molecule has 3 rings (SSSR count). The maximum absolute atomic E-state index is 14.3. The van der Waals surface area contributed by atoms with Crippen LogP contribution in [0.15, 0.2) is 30.4 Å². The summed E-state index contributed by atoms with van der Waals surface area (Å²) in [6, 6.07) is 5.83. The van der Waals surface area contributed by atoms with Crippen LogP contribution in [-0.4, -0.2) is 6.61 Å². The first-order chi connectivity index (χ1) is 13.2. The minimum absolute atomic E-state index is 0.0958. The fourth-order valence-electron chi connectivity index (χ4n) is 5.21. The molecule has 0 N–H and O–H groups in total. The molecular weight excluding hydrogens is 335 g/mol. The molecule has 2 saturated carbocycles. The van der Waals surface area contributed by atoms with Gasteiger partial charge < -0.3 is 4.74 Å². The van der Waals surface area contributed by atoms with Gasteiger partial charge in [0.25, 0.3) is 0 Å². The summed E-state index contributed by atoms with van der Waals surface area (Å²) in [5.41, 5.74) is 1.88. The van der Waals surface area contributed by atoms with Gasteiger partial charge in [0.2, 0.25) is 0 Å². The van der Waals surface area contributed by atoms with Crippen LogP contribution in [0.1, 0.15) is 88.7 Å². The Balaban J connectivity index is 1.48. The Hall–Kier alpha value is -1.15. The summed E-state index contributed by atoms with van der Waals surface area (Å²) in [4.78, 5) is 0. The van der Waals surface area contributed by atoms with Crippen molar-refractivity contribution in [2.24, 2.45) is 17.8 Å². The lowest BCUT2D eigenvalue weighted by atomic mass is 9.68. The average Bonchev–Trinajstić information content (AvgIpc) is 2.72. The summed E-state index contributed by atoms with van der Waals surface area (Å²) in [6.45, 7) is 5.17. The first kappa shape index (κ1) is 20.6. The van der Waals surface area contributed by atoms with Crippen LogP contribution in [0.3, 0.4) is 0 Å². The van der Waals surface area contributed by atoms with Crippen LogP contribution in [0.2, 0.25) is 0 Å². The number of rotatable bonds is 7. The minimum Gasteiger partial charge on any atom is -0.377 e. The van der Waals surface area contributed by atoms with E-state index in [1.165, 1.54) is 56.9 Å². The smallest absolute Gasteiger partial charge is 0.129 e. The van der Waals surface area contributed by atoms with E-state index in [-0.39, 0.29) is 5.82 Å². The summed E-state index contributed by atoms with van der Waals surface area (Å²) in [6.07, 6.45) is 16.7. The Morgan fingerprint density at radius 1 is 0.963 bits per heavy atom. The van der Waals surface area contributed by atoms with Gasteiger partial charge in [0.1, 0.15) is 5.82 Å². The van der Waals surface area contributed by atoms with E-state index in [2.05, 4.69) is 25.1 Å². The standard InChI is InChI=1S/C25H37FO/c1-3-5-6-19-7-9-20(10-8-19)21-11-13-22(14-12-21)23-15-16-24(18-27-4-2)25(26)17-23/h5-6,15-17,19-22H,3-4,7-14,18H2,1-2H3/b6-5+/t19-,20-,21?,22?. The van der Waals surface area contributed by atoms with E-state index < -0.39 is 0 Å². The van der Waals surface area contributed by atoms with Crippen molar-refractivity contribution in [3.05, 3.63) is 47.3 Å². The molecule has 2 fully saturated rings. The maximum Gasteiger partial charge on any atom is 0.129 e. The lowest BCUT2D eigenvalue weighted by Crippen LogP contribution is -2.25. The number of benzene rings is 1. The van der Waals surface area contributed by atoms with Crippen molar-refractivity contribution < 1.29 is 9.13 Å². The maximum atomic E-state index is 14.3.